The quantitative estimate of drug-likeness (QED) is 0.287. The lowest BCUT2D eigenvalue weighted by atomic mass is 9.91. The van der Waals surface area contributed by atoms with Crippen LogP contribution in [0.5, 0.6) is 28.7 Å². The third-order valence-electron chi connectivity index (χ3n) is 7.23. The molecule has 2 heterocycles. The molecule has 0 N–H and O–H groups in total. The van der Waals surface area contributed by atoms with E-state index in [4.69, 9.17) is 28.1 Å². The lowest BCUT2D eigenvalue weighted by Gasteiger charge is -2.38. The van der Waals surface area contributed by atoms with Crippen molar-refractivity contribution in [3.63, 3.8) is 0 Å². The number of methoxy groups -OCH3 is 4. The Morgan fingerprint density at radius 1 is 0.925 bits per heavy atom. The van der Waals surface area contributed by atoms with Crippen molar-refractivity contribution in [2.24, 2.45) is 0 Å². The summed E-state index contributed by atoms with van der Waals surface area (Å²) in [6, 6.07) is 15.4. The highest BCUT2D eigenvalue weighted by Crippen LogP contribution is 2.40. The summed E-state index contributed by atoms with van der Waals surface area (Å²) >= 11 is 0. The average Bonchev–Trinajstić information content (AvgIpc) is 2.97. The first-order valence-electron chi connectivity index (χ1n) is 12.8. The zero-order chi connectivity index (χ0) is 28.4. The number of hydrogen-bond acceptors (Lipinski definition) is 8. The van der Waals surface area contributed by atoms with Gasteiger partial charge in [0.05, 0.1) is 40.0 Å². The summed E-state index contributed by atoms with van der Waals surface area (Å²) in [5.74, 6) is 2.31. The van der Waals surface area contributed by atoms with E-state index in [1.807, 2.05) is 31.2 Å². The number of para-hydroxylation sites is 1. The van der Waals surface area contributed by atoms with Gasteiger partial charge in [0.1, 0.15) is 17.9 Å². The van der Waals surface area contributed by atoms with Crippen LogP contribution in [-0.4, -0.2) is 52.4 Å². The van der Waals surface area contributed by atoms with E-state index in [0.717, 1.165) is 22.1 Å². The fourth-order valence-electron chi connectivity index (χ4n) is 5.23. The van der Waals surface area contributed by atoms with Crippen LogP contribution in [0.3, 0.4) is 0 Å². The van der Waals surface area contributed by atoms with Crippen molar-refractivity contribution in [1.29, 1.82) is 0 Å². The summed E-state index contributed by atoms with van der Waals surface area (Å²) < 4.78 is 33.7. The van der Waals surface area contributed by atoms with Crippen LogP contribution in [0.1, 0.15) is 33.1 Å². The first kappa shape index (κ1) is 26.9. The average molecular weight is 546 g/mol. The molecule has 3 aromatic carbocycles. The van der Waals surface area contributed by atoms with E-state index in [-0.39, 0.29) is 12.5 Å². The highest BCUT2D eigenvalue weighted by molar-refractivity contribution is 5.98. The summed E-state index contributed by atoms with van der Waals surface area (Å²) in [5.41, 5.74) is 3.15. The Labute approximate surface area is 231 Å². The normalized spacial score (nSPS) is 14.4. The lowest BCUT2D eigenvalue weighted by Crippen LogP contribution is -2.42. The minimum absolute atomic E-state index is 0.141. The van der Waals surface area contributed by atoms with Gasteiger partial charge in [-0.25, -0.2) is 4.79 Å². The number of carbonyl (C=O) groups excluding carboxylic acids is 1. The second-order valence-electron chi connectivity index (χ2n) is 9.43. The lowest BCUT2D eigenvalue weighted by molar-refractivity contribution is 0.0585. The smallest absolute Gasteiger partial charge is 0.336 e. The number of ether oxygens (including phenoxy) is 5. The van der Waals surface area contributed by atoms with Gasteiger partial charge in [0, 0.05) is 24.1 Å². The van der Waals surface area contributed by atoms with Crippen molar-refractivity contribution in [3.8, 4) is 28.7 Å². The molecule has 9 nitrogen and oxygen atoms in total. The van der Waals surface area contributed by atoms with Gasteiger partial charge in [-0.15, -0.1) is 0 Å². The summed E-state index contributed by atoms with van der Waals surface area (Å²) in [6.45, 7) is 2.44. The largest absolute Gasteiger partial charge is 0.493 e. The van der Waals surface area contributed by atoms with Crippen LogP contribution in [-0.2, 0) is 6.42 Å². The van der Waals surface area contributed by atoms with Crippen molar-refractivity contribution >= 4 is 16.9 Å². The van der Waals surface area contributed by atoms with Gasteiger partial charge in [-0.05, 0) is 66.4 Å². The van der Waals surface area contributed by atoms with Gasteiger partial charge in [-0.2, -0.15) is 0 Å². The van der Waals surface area contributed by atoms with Crippen molar-refractivity contribution < 1.29 is 32.9 Å². The maximum atomic E-state index is 14.0. The topological polar surface area (TPSA) is 96.7 Å². The zero-order valence-electron chi connectivity index (χ0n) is 23.1. The molecule has 9 heteroatoms. The molecule has 5 rings (SSSR count). The van der Waals surface area contributed by atoms with Crippen LogP contribution >= 0.6 is 0 Å². The standard InChI is InChI=1S/C31H31NO8/c1-18-13-29(33)40-26-15-20(9-10-21(18)26)39-17-24-23-16-28(37-4)27(36-3)14-19(23)11-12-32(24)31(34)22-7-6-8-25(35-2)30(22)38-5/h6-10,13-16,24H,11-12,17H2,1-5H3/t24-/m0/s1. The molecule has 0 spiro atoms. The summed E-state index contributed by atoms with van der Waals surface area (Å²) in [7, 11) is 6.22. The number of fused-ring (bicyclic) bond motifs is 2. The number of benzene rings is 3. The van der Waals surface area contributed by atoms with Crippen LogP contribution in [0.2, 0.25) is 0 Å². The molecule has 1 amide bonds. The SMILES string of the molecule is COc1cc2c(cc1OC)[C@H](COc1ccc3c(C)cc(=O)oc3c1)N(C(=O)c1cccc(OC)c1OC)CC2. The molecule has 40 heavy (non-hydrogen) atoms. The molecule has 0 radical (unpaired) electrons. The summed E-state index contributed by atoms with van der Waals surface area (Å²) in [4.78, 5) is 27.7. The minimum atomic E-state index is -0.466. The molecule has 0 fully saturated rings. The van der Waals surface area contributed by atoms with E-state index < -0.39 is 11.7 Å². The van der Waals surface area contributed by atoms with Crippen LogP contribution < -0.4 is 29.3 Å². The molecular weight excluding hydrogens is 514 g/mol. The Kier molecular flexibility index (Phi) is 7.55. The Bertz CT molecular complexity index is 1630. The van der Waals surface area contributed by atoms with Gasteiger partial charge in [0.15, 0.2) is 23.0 Å². The van der Waals surface area contributed by atoms with Gasteiger partial charge in [0.2, 0.25) is 0 Å². The first-order chi connectivity index (χ1) is 19.4. The highest BCUT2D eigenvalue weighted by atomic mass is 16.5. The second-order valence-corrected chi connectivity index (χ2v) is 9.43. The number of hydrogen-bond donors (Lipinski definition) is 0. The third-order valence-corrected chi connectivity index (χ3v) is 7.23. The monoisotopic (exact) mass is 545 g/mol. The van der Waals surface area contributed by atoms with E-state index in [0.29, 0.717) is 52.9 Å². The molecule has 0 saturated heterocycles. The van der Waals surface area contributed by atoms with Crippen molar-refractivity contribution in [3.05, 3.63) is 87.3 Å². The van der Waals surface area contributed by atoms with E-state index >= 15 is 0 Å². The maximum absolute atomic E-state index is 14.0. The van der Waals surface area contributed by atoms with E-state index in [2.05, 4.69) is 0 Å². The van der Waals surface area contributed by atoms with E-state index in [1.54, 1.807) is 43.4 Å². The third kappa shape index (κ3) is 4.90. The highest BCUT2D eigenvalue weighted by Gasteiger charge is 2.35. The molecule has 208 valence electrons. The zero-order valence-corrected chi connectivity index (χ0v) is 23.1. The molecule has 4 aromatic rings. The molecule has 1 aliphatic heterocycles. The van der Waals surface area contributed by atoms with Gasteiger partial charge in [-0.1, -0.05) is 6.07 Å². The Morgan fingerprint density at radius 2 is 1.68 bits per heavy atom. The Balaban J connectivity index is 1.54. The molecule has 0 saturated carbocycles. The molecule has 1 aromatic heterocycles. The van der Waals surface area contributed by atoms with Crippen LogP contribution in [0.4, 0.5) is 0 Å². The molecule has 1 aliphatic rings. The first-order valence-corrected chi connectivity index (χ1v) is 12.8. The molecule has 0 bridgehead atoms. The molecule has 0 aliphatic carbocycles. The van der Waals surface area contributed by atoms with Gasteiger partial charge in [-0.3, -0.25) is 4.79 Å². The van der Waals surface area contributed by atoms with Crippen LogP contribution in [0.25, 0.3) is 11.0 Å². The fourth-order valence-corrected chi connectivity index (χ4v) is 5.23. The van der Waals surface area contributed by atoms with Gasteiger partial charge < -0.3 is 33.0 Å². The number of rotatable bonds is 8. The van der Waals surface area contributed by atoms with Crippen LogP contribution in [0.15, 0.2) is 63.8 Å². The van der Waals surface area contributed by atoms with Crippen molar-refractivity contribution in [1.82, 2.24) is 4.90 Å². The predicted molar refractivity (Wildman–Crippen MR) is 149 cm³/mol. The van der Waals surface area contributed by atoms with E-state index in [1.165, 1.54) is 20.3 Å². The molecular formula is C31H31NO8. The maximum Gasteiger partial charge on any atom is 0.336 e. The summed E-state index contributed by atoms with van der Waals surface area (Å²) in [5, 5.41) is 0.828. The van der Waals surface area contributed by atoms with Crippen molar-refractivity contribution in [2.45, 2.75) is 19.4 Å². The van der Waals surface area contributed by atoms with Gasteiger partial charge >= 0.3 is 5.63 Å². The van der Waals surface area contributed by atoms with Gasteiger partial charge in [0.25, 0.3) is 5.91 Å². The fraction of sp³-hybridized carbons (Fsp3) is 0.290. The number of nitrogens with zero attached hydrogens (tertiary/aromatic N) is 1. The predicted octanol–water partition coefficient (Wildman–Crippen LogP) is 4.95. The second kappa shape index (κ2) is 11.2. The number of aryl methyl sites for hydroxylation is 1. The Morgan fingerprint density at radius 3 is 2.40 bits per heavy atom. The van der Waals surface area contributed by atoms with E-state index in [9.17, 15) is 9.59 Å². The molecule has 1 atom stereocenters. The van der Waals surface area contributed by atoms with Crippen molar-refractivity contribution in [2.75, 3.05) is 41.6 Å². The van der Waals surface area contributed by atoms with Crippen LogP contribution in [0, 0.1) is 6.92 Å². The summed E-state index contributed by atoms with van der Waals surface area (Å²) in [6.07, 6.45) is 0.616. The number of amides is 1. The minimum Gasteiger partial charge on any atom is -0.493 e. The molecule has 0 unspecified atom stereocenters. The Hall–Kier alpha value is -4.66. The number of carbonyl (C=O) groups is 1.